The molecule has 0 spiro atoms. The van der Waals surface area contributed by atoms with Crippen LogP contribution in [0, 0.1) is 5.92 Å². The van der Waals surface area contributed by atoms with Gasteiger partial charge in [0.1, 0.15) is 0 Å². The van der Waals surface area contributed by atoms with E-state index in [4.69, 9.17) is 0 Å². The number of carbonyl (C=O) groups is 1. The van der Waals surface area contributed by atoms with E-state index in [2.05, 4.69) is 28.9 Å². The van der Waals surface area contributed by atoms with Gasteiger partial charge in [-0.15, -0.1) is 5.10 Å². The predicted octanol–water partition coefficient (Wildman–Crippen LogP) is 1.28. The molecule has 0 aliphatic rings. The van der Waals surface area contributed by atoms with E-state index < -0.39 is 5.97 Å². The van der Waals surface area contributed by atoms with Crippen molar-refractivity contribution in [3.05, 3.63) is 11.4 Å². The van der Waals surface area contributed by atoms with Gasteiger partial charge < -0.3 is 4.74 Å². The van der Waals surface area contributed by atoms with Gasteiger partial charge in [0, 0.05) is 6.54 Å². The third-order valence-electron chi connectivity index (χ3n) is 2.09. The maximum atomic E-state index is 11.4. The Kier molecular flexibility index (Phi) is 3.82. The Hall–Kier alpha value is -1.39. The van der Waals surface area contributed by atoms with Crippen molar-refractivity contribution < 1.29 is 9.53 Å². The summed E-state index contributed by atoms with van der Waals surface area (Å²) in [6.45, 7) is 6.94. The van der Waals surface area contributed by atoms with Gasteiger partial charge in [0.15, 0.2) is 5.69 Å². The average Bonchev–Trinajstić information content (AvgIpc) is 2.58. The number of ether oxygens (including phenoxy) is 1. The van der Waals surface area contributed by atoms with Crippen LogP contribution < -0.4 is 0 Å². The molecule has 0 unspecified atom stereocenters. The first kappa shape index (κ1) is 11.7. The lowest BCUT2D eigenvalue weighted by molar-refractivity contribution is 0.0592. The zero-order valence-corrected chi connectivity index (χ0v) is 9.65. The van der Waals surface area contributed by atoms with Crippen LogP contribution in [0.1, 0.15) is 37.0 Å². The Morgan fingerprint density at radius 1 is 1.53 bits per heavy atom. The van der Waals surface area contributed by atoms with Crippen LogP contribution in [0.15, 0.2) is 0 Å². The van der Waals surface area contributed by atoms with Gasteiger partial charge in [-0.1, -0.05) is 26.0 Å². The lowest BCUT2D eigenvalue weighted by atomic mass is 10.2. The second kappa shape index (κ2) is 4.91. The van der Waals surface area contributed by atoms with Crippen LogP contribution in [0.5, 0.6) is 0 Å². The first-order chi connectivity index (χ1) is 7.10. The Balaban J connectivity index is 3.00. The van der Waals surface area contributed by atoms with Crippen molar-refractivity contribution in [3.63, 3.8) is 0 Å². The second-order valence-corrected chi connectivity index (χ2v) is 3.81. The van der Waals surface area contributed by atoms with E-state index in [0.717, 1.165) is 18.7 Å². The van der Waals surface area contributed by atoms with Crippen LogP contribution in [0.4, 0.5) is 0 Å². The Morgan fingerprint density at radius 2 is 2.20 bits per heavy atom. The first-order valence-corrected chi connectivity index (χ1v) is 5.10. The fourth-order valence-electron chi connectivity index (χ4n) is 1.43. The Labute approximate surface area is 89.4 Å². The topological polar surface area (TPSA) is 57.0 Å². The molecule has 0 atom stereocenters. The van der Waals surface area contributed by atoms with Crippen molar-refractivity contribution >= 4 is 5.97 Å². The molecule has 5 heteroatoms. The molecule has 0 aliphatic heterocycles. The number of nitrogens with zero attached hydrogens (tertiary/aromatic N) is 3. The van der Waals surface area contributed by atoms with Crippen molar-refractivity contribution in [2.45, 2.75) is 33.7 Å². The van der Waals surface area contributed by atoms with Crippen molar-refractivity contribution in [3.8, 4) is 0 Å². The summed E-state index contributed by atoms with van der Waals surface area (Å²) in [7, 11) is 1.35. The van der Waals surface area contributed by atoms with E-state index in [1.807, 2.05) is 6.92 Å². The molecule has 0 N–H and O–H groups in total. The zero-order chi connectivity index (χ0) is 11.4. The molecule has 1 heterocycles. The van der Waals surface area contributed by atoms with Gasteiger partial charge in [-0.25, -0.2) is 9.48 Å². The minimum absolute atomic E-state index is 0.334. The predicted molar refractivity (Wildman–Crippen MR) is 55.6 cm³/mol. The summed E-state index contributed by atoms with van der Waals surface area (Å²) in [5.41, 5.74) is 1.18. The van der Waals surface area contributed by atoms with Gasteiger partial charge >= 0.3 is 5.97 Å². The van der Waals surface area contributed by atoms with Gasteiger partial charge in [0.25, 0.3) is 0 Å². The first-order valence-electron chi connectivity index (χ1n) is 5.10. The summed E-state index contributed by atoms with van der Waals surface area (Å²) >= 11 is 0. The Morgan fingerprint density at radius 3 is 2.67 bits per heavy atom. The molecular formula is C10H17N3O2. The molecular weight excluding hydrogens is 194 g/mol. The van der Waals surface area contributed by atoms with Gasteiger partial charge in [-0.2, -0.15) is 0 Å². The highest BCUT2D eigenvalue weighted by Crippen LogP contribution is 2.10. The summed E-state index contributed by atoms with van der Waals surface area (Å²) in [5, 5.41) is 7.81. The summed E-state index contributed by atoms with van der Waals surface area (Å²) in [5.74, 6) is 0.0596. The Bertz CT molecular complexity index is 344. The normalized spacial score (nSPS) is 10.7. The standard InChI is InChI=1S/C10H17N3O2/c1-5-8-9(10(14)15-4)11-12-13(8)6-7(2)3/h7H,5-6H2,1-4H3. The molecule has 0 aromatic carbocycles. The molecule has 0 aliphatic carbocycles. The third kappa shape index (κ3) is 2.55. The van der Waals surface area contributed by atoms with Crippen LogP contribution >= 0.6 is 0 Å². The number of hydrogen-bond acceptors (Lipinski definition) is 4. The molecule has 0 amide bonds. The van der Waals surface area contributed by atoms with Crippen LogP contribution in [-0.4, -0.2) is 28.1 Å². The lowest BCUT2D eigenvalue weighted by Gasteiger charge is -2.07. The highest BCUT2D eigenvalue weighted by molar-refractivity contribution is 5.88. The van der Waals surface area contributed by atoms with Crippen LogP contribution in [0.2, 0.25) is 0 Å². The maximum Gasteiger partial charge on any atom is 0.360 e. The molecule has 0 radical (unpaired) electrons. The average molecular weight is 211 g/mol. The van der Waals surface area contributed by atoms with Crippen molar-refractivity contribution in [1.82, 2.24) is 15.0 Å². The number of rotatable bonds is 4. The van der Waals surface area contributed by atoms with Gasteiger partial charge in [0.05, 0.1) is 12.8 Å². The molecule has 15 heavy (non-hydrogen) atoms. The monoisotopic (exact) mass is 211 g/mol. The molecule has 1 rings (SSSR count). The largest absolute Gasteiger partial charge is 0.464 e. The SMILES string of the molecule is CCc1c(C(=O)OC)nnn1CC(C)C. The summed E-state index contributed by atoms with van der Waals surface area (Å²) in [6, 6.07) is 0. The van der Waals surface area contributed by atoms with Gasteiger partial charge in [-0.05, 0) is 12.3 Å². The van der Waals surface area contributed by atoms with E-state index in [1.165, 1.54) is 7.11 Å². The van der Waals surface area contributed by atoms with E-state index in [1.54, 1.807) is 4.68 Å². The minimum atomic E-state index is -0.415. The maximum absolute atomic E-state index is 11.4. The highest BCUT2D eigenvalue weighted by Gasteiger charge is 2.18. The van der Waals surface area contributed by atoms with Crippen molar-refractivity contribution in [2.75, 3.05) is 7.11 Å². The summed E-state index contributed by atoms with van der Waals surface area (Å²) in [6.07, 6.45) is 0.726. The number of carbonyl (C=O) groups excluding carboxylic acids is 1. The fourth-order valence-corrected chi connectivity index (χ4v) is 1.43. The van der Waals surface area contributed by atoms with E-state index in [0.29, 0.717) is 11.6 Å². The molecule has 0 saturated carbocycles. The number of hydrogen-bond donors (Lipinski definition) is 0. The van der Waals surface area contributed by atoms with Crippen LogP contribution in [-0.2, 0) is 17.7 Å². The summed E-state index contributed by atoms with van der Waals surface area (Å²) < 4.78 is 6.42. The highest BCUT2D eigenvalue weighted by atomic mass is 16.5. The van der Waals surface area contributed by atoms with Crippen molar-refractivity contribution in [1.29, 1.82) is 0 Å². The smallest absolute Gasteiger partial charge is 0.360 e. The molecule has 0 bridgehead atoms. The van der Waals surface area contributed by atoms with Gasteiger partial charge in [-0.3, -0.25) is 0 Å². The quantitative estimate of drug-likeness (QED) is 0.704. The minimum Gasteiger partial charge on any atom is -0.464 e. The van der Waals surface area contributed by atoms with Crippen LogP contribution in [0.25, 0.3) is 0 Å². The third-order valence-corrected chi connectivity index (χ3v) is 2.09. The van der Waals surface area contributed by atoms with E-state index in [9.17, 15) is 4.79 Å². The molecule has 0 fully saturated rings. The van der Waals surface area contributed by atoms with Crippen molar-refractivity contribution in [2.24, 2.45) is 5.92 Å². The molecule has 1 aromatic heterocycles. The molecule has 0 saturated heterocycles. The number of esters is 1. The fraction of sp³-hybridized carbons (Fsp3) is 0.700. The molecule has 5 nitrogen and oxygen atoms in total. The zero-order valence-electron chi connectivity index (χ0n) is 9.65. The molecule has 1 aromatic rings. The van der Waals surface area contributed by atoms with Gasteiger partial charge in [0.2, 0.25) is 0 Å². The van der Waals surface area contributed by atoms with E-state index >= 15 is 0 Å². The second-order valence-electron chi connectivity index (χ2n) is 3.81. The number of methoxy groups -OCH3 is 1. The van der Waals surface area contributed by atoms with E-state index in [-0.39, 0.29) is 0 Å². The van der Waals surface area contributed by atoms with Crippen LogP contribution in [0.3, 0.4) is 0 Å². The lowest BCUT2D eigenvalue weighted by Crippen LogP contribution is -2.11. The summed E-state index contributed by atoms with van der Waals surface area (Å²) in [4.78, 5) is 11.4. The molecule has 84 valence electrons. The number of aromatic nitrogens is 3.